The van der Waals surface area contributed by atoms with Crippen molar-refractivity contribution in [3.63, 3.8) is 0 Å². The SMILES string of the molecule is CC(C)C(C)N(C)S(=O)(=O)c1cc(CN)oc1Br. The van der Waals surface area contributed by atoms with E-state index in [-0.39, 0.29) is 28.1 Å². The van der Waals surface area contributed by atoms with Crippen LogP contribution in [0.15, 0.2) is 20.0 Å². The third kappa shape index (κ3) is 2.96. The Bertz CT molecular complexity index is 510. The summed E-state index contributed by atoms with van der Waals surface area (Å²) in [6.07, 6.45) is 0. The van der Waals surface area contributed by atoms with Crippen LogP contribution >= 0.6 is 15.9 Å². The predicted molar refractivity (Wildman–Crippen MR) is 73.5 cm³/mol. The second-order valence-corrected chi connectivity index (χ2v) is 7.25. The highest BCUT2D eigenvalue weighted by molar-refractivity contribution is 9.10. The van der Waals surface area contributed by atoms with E-state index in [0.29, 0.717) is 5.76 Å². The van der Waals surface area contributed by atoms with Gasteiger partial charge in [0.2, 0.25) is 10.0 Å². The summed E-state index contributed by atoms with van der Waals surface area (Å²) in [5.41, 5.74) is 5.44. The first-order chi connectivity index (χ1) is 8.21. The zero-order valence-corrected chi connectivity index (χ0v) is 13.4. The lowest BCUT2D eigenvalue weighted by molar-refractivity contribution is 0.315. The highest BCUT2D eigenvalue weighted by atomic mass is 79.9. The Morgan fingerprint density at radius 3 is 2.39 bits per heavy atom. The zero-order chi connectivity index (χ0) is 14.1. The normalized spacial score (nSPS) is 14.4. The number of nitrogens with two attached hydrogens (primary N) is 1. The molecule has 1 rings (SSSR count). The minimum Gasteiger partial charge on any atom is -0.452 e. The fourth-order valence-electron chi connectivity index (χ4n) is 1.47. The molecule has 1 unspecified atom stereocenters. The van der Waals surface area contributed by atoms with Crippen LogP contribution in [0.5, 0.6) is 0 Å². The average Bonchev–Trinajstić information content (AvgIpc) is 2.69. The van der Waals surface area contributed by atoms with Crippen LogP contribution < -0.4 is 5.73 Å². The molecule has 0 spiro atoms. The summed E-state index contributed by atoms with van der Waals surface area (Å²) in [4.78, 5) is 0.123. The van der Waals surface area contributed by atoms with Gasteiger partial charge in [0.1, 0.15) is 10.7 Å². The molecule has 0 fully saturated rings. The summed E-state index contributed by atoms with van der Waals surface area (Å²) in [5.74, 6) is 0.662. The van der Waals surface area contributed by atoms with Gasteiger partial charge in [-0.2, -0.15) is 4.31 Å². The van der Waals surface area contributed by atoms with E-state index >= 15 is 0 Å². The molecular formula is C11H19BrN2O3S. The average molecular weight is 339 g/mol. The van der Waals surface area contributed by atoms with E-state index in [1.807, 2.05) is 20.8 Å². The molecule has 1 aromatic rings. The topological polar surface area (TPSA) is 76.5 Å². The number of furan rings is 1. The van der Waals surface area contributed by atoms with Crippen LogP contribution in [0.25, 0.3) is 0 Å². The first kappa shape index (κ1) is 15.7. The molecule has 0 aromatic carbocycles. The fourth-order valence-corrected chi connectivity index (χ4v) is 3.92. The Hall–Kier alpha value is -0.370. The van der Waals surface area contributed by atoms with Crippen molar-refractivity contribution in [1.29, 1.82) is 0 Å². The summed E-state index contributed by atoms with van der Waals surface area (Å²) < 4.78 is 31.6. The molecule has 104 valence electrons. The molecule has 2 N–H and O–H groups in total. The standard InChI is InChI=1S/C11H19BrN2O3S/c1-7(2)8(3)14(4)18(15,16)10-5-9(6-13)17-11(10)12/h5,7-8H,6,13H2,1-4H3. The molecule has 7 heteroatoms. The molecule has 18 heavy (non-hydrogen) atoms. The van der Waals surface area contributed by atoms with Gasteiger partial charge < -0.3 is 10.2 Å². The Kier molecular flexibility index (Phi) is 4.99. The summed E-state index contributed by atoms with van der Waals surface area (Å²) in [6, 6.07) is 1.36. The van der Waals surface area contributed by atoms with E-state index in [2.05, 4.69) is 15.9 Å². The maximum absolute atomic E-state index is 12.4. The van der Waals surface area contributed by atoms with Crippen LogP contribution in [0.3, 0.4) is 0 Å². The van der Waals surface area contributed by atoms with E-state index in [1.165, 1.54) is 10.4 Å². The summed E-state index contributed by atoms with van der Waals surface area (Å²) >= 11 is 3.12. The lowest BCUT2D eigenvalue weighted by atomic mass is 10.1. The molecule has 1 aromatic heterocycles. The van der Waals surface area contributed by atoms with E-state index in [0.717, 1.165) is 0 Å². The van der Waals surface area contributed by atoms with Crippen LogP contribution in [0.1, 0.15) is 26.5 Å². The van der Waals surface area contributed by atoms with Gasteiger partial charge in [-0.15, -0.1) is 0 Å². The van der Waals surface area contributed by atoms with Gasteiger partial charge in [0, 0.05) is 19.2 Å². The smallest absolute Gasteiger partial charge is 0.247 e. The molecular weight excluding hydrogens is 320 g/mol. The van der Waals surface area contributed by atoms with Crippen LogP contribution in [0.2, 0.25) is 0 Å². The largest absolute Gasteiger partial charge is 0.452 e. The lowest BCUT2D eigenvalue weighted by Gasteiger charge is -2.26. The predicted octanol–water partition coefficient (Wildman–Crippen LogP) is 2.17. The zero-order valence-electron chi connectivity index (χ0n) is 11.0. The van der Waals surface area contributed by atoms with E-state index in [4.69, 9.17) is 10.2 Å². The van der Waals surface area contributed by atoms with Crippen molar-refractivity contribution < 1.29 is 12.8 Å². The van der Waals surface area contributed by atoms with Crippen molar-refractivity contribution in [3.8, 4) is 0 Å². The third-order valence-electron chi connectivity index (χ3n) is 3.10. The first-order valence-corrected chi connectivity index (χ1v) is 7.91. The van der Waals surface area contributed by atoms with E-state index in [1.54, 1.807) is 7.05 Å². The van der Waals surface area contributed by atoms with Crippen LogP contribution in [0, 0.1) is 5.92 Å². The van der Waals surface area contributed by atoms with Crippen molar-refractivity contribution in [1.82, 2.24) is 4.31 Å². The number of rotatable bonds is 5. The van der Waals surface area contributed by atoms with Crippen molar-refractivity contribution in [2.24, 2.45) is 11.7 Å². The van der Waals surface area contributed by atoms with Crippen molar-refractivity contribution in [3.05, 3.63) is 16.5 Å². The molecule has 1 heterocycles. The molecule has 1 atom stereocenters. The van der Waals surface area contributed by atoms with Gasteiger partial charge in [-0.25, -0.2) is 8.42 Å². The number of halogens is 1. The highest BCUT2D eigenvalue weighted by Gasteiger charge is 2.30. The monoisotopic (exact) mass is 338 g/mol. The van der Waals surface area contributed by atoms with Crippen molar-refractivity contribution >= 4 is 26.0 Å². The Balaban J connectivity index is 3.17. The molecule has 0 saturated heterocycles. The maximum atomic E-state index is 12.4. The van der Waals surface area contributed by atoms with Gasteiger partial charge in [0.25, 0.3) is 0 Å². The summed E-state index contributed by atoms with van der Waals surface area (Å²) in [7, 11) is -2.00. The van der Waals surface area contributed by atoms with Gasteiger partial charge in [-0.1, -0.05) is 13.8 Å². The minimum atomic E-state index is -3.57. The van der Waals surface area contributed by atoms with Crippen molar-refractivity contribution in [2.75, 3.05) is 7.05 Å². The Labute approximate surface area is 117 Å². The van der Waals surface area contributed by atoms with Gasteiger partial charge in [0.15, 0.2) is 4.67 Å². The molecule has 0 bridgehead atoms. The van der Waals surface area contributed by atoms with Crippen LogP contribution in [-0.4, -0.2) is 25.8 Å². The van der Waals surface area contributed by atoms with Gasteiger partial charge in [-0.3, -0.25) is 0 Å². The van der Waals surface area contributed by atoms with Crippen LogP contribution in [0.4, 0.5) is 0 Å². The number of sulfonamides is 1. The molecule has 0 radical (unpaired) electrons. The van der Waals surface area contributed by atoms with Gasteiger partial charge in [0.05, 0.1) is 6.54 Å². The summed E-state index contributed by atoms with van der Waals surface area (Å²) in [6.45, 7) is 6.00. The van der Waals surface area contributed by atoms with Gasteiger partial charge in [-0.05, 0) is 28.8 Å². The Morgan fingerprint density at radius 2 is 2.00 bits per heavy atom. The second-order valence-electron chi connectivity index (χ2n) is 4.56. The number of nitrogens with zero attached hydrogens (tertiary/aromatic N) is 1. The molecule has 0 aliphatic rings. The van der Waals surface area contributed by atoms with Gasteiger partial charge >= 0.3 is 0 Å². The van der Waals surface area contributed by atoms with E-state index in [9.17, 15) is 8.42 Å². The second kappa shape index (κ2) is 5.73. The highest BCUT2D eigenvalue weighted by Crippen LogP contribution is 2.29. The quantitative estimate of drug-likeness (QED) is 0.892. The number of hydrogen-bond donors (Lipinski definition) is 1. The van der Waals surface area contributed by atoms with E-state index < -0.39 is 10.0 Å². The first-order valence-electron chi connectivity index (χ1n) is 5.68. The molecule has 0 amide bonds. The number of hydrogen-bond acceptors (Lipinski definition) is 4. The molecule has 5 nitrogen and oxygen atoms in total. The minimum absolute atomic E-state index is 0.0990. The third-order valence-corrected chi connectivity index (χ3v) is 5.90. The van der Waals surface area contributed by atoms with Crippen LogP contribution in [-0.2, 0) is 16.6 Å². The fraction of sp³-hybridized carbons (Fsp3) is 0.636. The Morgan fingerprint density at radius 1 is 1.44 bits per heavy atom. The summed E-state index contributed by atoms with van der Waals surface area (Å²) in [5, 5.41) is 0. The molecule has 0 saturated carbocycles. The maximum Gasteiger partial charge on any atom is 0.247 e. The molecule has 0 aliphatic carbocycles. The van der Waals surface area contributed by atoms with Crippen molar-refractivity contribution in [2.45, 2.75) is 38.3 Å². The lowest BCUT2D eigenvalue weighted by Crippen LogP contribution is -2.38. The molecule has 0 aliphatic heterocycles.